The van der Waals surface area contributed by atoms with E-state index < -0.39 is 11.7 Å². The van der Waals surface area contributed by atoms with Crippen molar-refractivity contribution in [3.63, 3.8) is 0 Å². The molecular weight excluding hydrogens is 455 g/mol. The number of carbonyl (C=O) groups excluding carboxylic acids is 1. The summed E-state index contributed by atoms with van der Waals surface area (Å²) in [5, 5.41) is 5.94. The molecule has 2 heterocycles. The first-order valence-corrected chi connectivity index (χ1v) is 10.6. The van der Waals surface area contributed by atoms with Crippen LogP contribution in [0.25, 0.3) is 0 Å². The zero-order valence-electron chi connectivity index (χ0n) is 18.1. The maximum atomic E-state index is 12.8. The smallest absolute Gasteiger partial charge is 0.369 e. The van der Waals surface area contributed by atoms with Crippen LogP contribution in [0.1, 0.15) is 29.8 Å². The first-order valence-electron chi connectivity index (χ1n) is 10.2. The van der Waals surface area contributed by atoms with Crippen molar-refractivity contribution in [1.29, 1.82) is 0 Å². The molecule has 2 aromatic rings. The van der Waals surface area contributed by atoms with Crippen molar-refractivity contribution >= 4 is 40.8 Å². The van der Waals surface area contributed by atoms with Crippen molar-refractivity contribution in [3.8, 4) is 0 Å². The van der Waals surface area contributed by atoms with E-state index in [0.717, 1.165) is 23.5 Å². The molecule has 1 aliphatic heterocycles. The van der Waals surface area contributed by atoms with Gasteiger partial charge < -0.3 is 16.0 Å². The van der Waals surface area contributed by atoms with Gasteiger partial charge >= 0.3 is 6.18 Å². The molecule has 12 heteroatoms. The number of aryl methyl sites for hydroxylation is 2. The number of aromatic nitrogens is 2. The van der Waals surface area contributed by atoms with Crippen molar-refractivity contribution < 1.29 is 18.0 Å². The Morgan fingerprint density at radius 3 is 2.21 bits per heavy atom. The van der Waals surface area contributed by atoms with Crippen molar-refractivity contribution in [2.75, 3.05) is 23.7 Å². The van der Waals surface area contributed by atoms with Crippen LogP contribution < -0.4 is 16.4 Å². The third-order valence-corrected chi connectivity index (χ3v) is 5.27. The van der Waals surface area contributed by atoms with E-state index in [1.807, 2.05) is 24.8 Å². The van der Waals surface area contributed by atoms with Gasteiger partial charge in [-0.1, -0.05) is 0 Å². The van der Waals surface area contributed by atoms with Gasteiger partial charge in [-0.05, 0) is 69.2 Å². The molecule has 0 unspecified atom stereocenters. The molecule has 8 nitrogen and oxygen atoms in total. The molecule has 1 amide bonds. The topological polar surface area (TPSA) is 109 Å². The first-order chi connectivity index (χ1) is 15.5. The molecule has 4 N–H and O–H groups in total. The Bertz CT molecular complexity index is 1030. The van der Waals surface area contributed by atoms with Gasteiger partial charge in [0.05, 0.1) is 5.56 Å². The molecule has 0 atom stereocenters. The minimum atomic E-state index is -4.42. The molecule has 176 valence electrons. The number of nitrogens with two attached hydrogens (primary N) is 1. The number of alkyl halides is 3. The van der Waals surface area contributed by atoms with Gasteiger partial charge in [-0.15, -0.1) is 0 Å². The molecule has 1 aliphatic rings. The second kappa shape index (κ2) is 10.1. The SMILES string of the molecule is Cc1cc(C)nc(N/C(=N/C(=S)Nc2ccc(C(F)(F)F)cc2)N2CCC(C(N)=O)CC2)n1. The predicted molar refractivity (Wildman–Crippen MR) is 124 cm³/mol. The number of benzene rings is 1. The average molecular weight is 480 g/mol. The van der Waals surface area contributed by atoms with E-state index in [0.29, 0.717) is 43.5 Å². The number of thiocarbonyl (C=S) groups is 1. The summed E-state index contributed by atoms with van der Waals surface area (Å²) in [4.78, 5) is 26.6. The molecule has 1 fully saturated rings. The van der Waals surface area contributed by atoms with E-state index in [2.05, 4.69) is 25.6 Å². The third-order valence-electron chi connectivity index (χ3n) is 5.07. The highest BCUT2D eigenvalue weighted by molar-refractivity contribution is 7.80. The largest absolute Gasteiger partial charge is 0.416 e. The molecule has 0 aliphatic carbocycles. The lowest BCUT2D eigenvalue weighted by molar-refractivity contribution is -0.137. The fourth-order valence-corrected chi connectivity index (χ4v) is 3.63. The molecule has 0 spiro atoms. The van der Waals surface area contributed by atoms with Crippen molar-refractivity contribution in [2.45, 2.75) is 32.9 Å². The summed E-state index contributed by atoms with van der Waals surface area (Å²) in [7, 11) is 0. The van der Waals surface area contributed by atoms with Gasteiger partial charge in [0, 0.05) is 36.1 Å². The van der Waals surface area contributed by atoms with E-state index in [4.69, 9.17) is 18.0 Å². The van der Waals surface area contributed by atoms with Gasteiger partial charge in [0.25, 0.3) is 0 Å². The number of likely N-dealkylation sites (tertiary alicyclic amines) is 1. The maximum Gasteiger partial charge on any atom is 0.416 e. The fourth-order valence-electron chi connectivity index (χ4n) is 3.43. The Morgan fingerprint density at radius 2 is 1.70 bits per heavy atom. The summed E-state index contributed by atoms with van der Waals surface area (Å²) in [5.41, 5.74) is 6.57. The number of nitrogens with zero attached hydrogens (tertiary/aromatic N) is 4. The minimum Gasteiger partial charge on any atom is -0.369 e. The highest BCUT2D eigenvalue weighted by atomic mass is 32.1. The van der Waals surface area contributed by atoms with Crippen LogP contribution in [0.3, 0.4) is 0 Å². The zero-order valence-corrected chi connectivity index (χ0v) is 18.9. The first kappa shape index (κ1) is 24.4. The lowest BCUT2D eigenvalue weighted by atomic mass is 9.96. The Morgan fingerprint density at radius 1 is 1.12 bits per heavy atom. The fraction of sp³-hybridized carbons (Fsp3) is 0.381. The number of primary amides is 1. The number of carbonyl (C=O) groups is 1. The number of rotatable bonds is 3. The lowest BCUT2D eigenvalue weighted by Gasteiger charge is -2.32. The highest BCUT2D eigenvalue weighted by Crippen LogP contribution is 2.29. The van der Waals surface area contributed by atoms with Crippen LogP contribution in [0.4, 0.5) is 24.8 Å². The van der Waals surface area contributed by atoms with E-state index in [1.165, 1.54) is 12.1 Å². The number of nitrogens with one attached hydrogen (secondary N) is 2. The molecule has 33 heavy (non-hydrogen) atoms. The van der Waals surface area contributed by atoms with Gasteiger partial charge in [0.1, 0.15) is 0 Å². The Hall–Kier alpha value is -3.28. The van der Waals surface area contributed by atoms with Crippen LogP contribution in [-0.4, -0.2) is 44.9 Å². The number of halogens is 3. The van der Waals surface area contributed by atoms with E-state index in [9.17, 15) is 18.0 Å². The summed E-state index contributed by atoms with van der Waals surface area (Å²) in [5.74, 6) is 0.156. The number of guanidine groups is 1. The molecular formula is C21H24F3N7OS. The molecule has 1 aromatic heterocycles. The number of piperidine rings is 1. The standard InChI is InChI=1S/C21H24F3N7OS/c1-12-11-13(2)27-18(26-12)29-19(31-9-7-14(8-10-31)17(25)32)30-20(33)28-16-5-3-15(4-6-16)21(22,23)24/h3-6,11,14H,7-10H2,1-2H3,(H2,25,32)(H2,26,27,28,29,30,33). The second-order valence-electron chi connectivity index (χ2n) is 7.70. The van der Waals surface area contributed by atoms with Crippen LogP contribution >= 0.6 is 12.2 Å². The second-order valence-corrected chi connectivity index (χ2v) is 8.09. The monoisotopic (exact) mass is 479 g/mol. The number of anilines is 2. The van der Waals surface area contributed by atoms with Crippen LogP contribution in [0, 0.1) is 19.8 Å². The quantitative estimate of drug-likeness (QED) is 0.351. The lowest BCUT2D eigenvalue weighted by Crippen LogP contribution is -2.45. The zero-order chi connectivity index (χ0) is 24.2. The van der Waals surface area contributed by atoms with Gasteiger partial charge in [-0.25, -0.2) is 9.97 Å². The average Bonchev–Trinajstić information content (AvgIpc) is 2.72. The van der Waals surface area contributed by atoms with Crippen LogP contribution in [0.15, 0.2) is 35.3 Å². The molecule has 0 saturated carbocycles. The maximum absolute atomic E-state index is 12.8. The van der Waals surface area contributed by atoms with Crippen molar-refractivity contribution in [2.24, 2.45) is 16.6 Å². The Kier molecular flexibility index (Phi) is 7.46. The number of hydrogen-bond donors (Lipinski definition) is 3. The van der Waals surface area contributed by atoms with Crippen LogP contribution in [-0.2, 0) is 11.0 Å². The molecule has 1 aromatic carbocycles. The molecule has 1 saturated heterocycles. The summed E-state index contributed by atoms with van der Waals surface area (Å²) in [6.07, 6.45) is -3.30. The van der Waals surface area contributed by atoms with Gasteiger partial charge in [-0.2, -0.15) is 18.2 Å². The summed E-state index contributed by atoms with van der Waals surface area (Å²) in [6, 6.07) is 6.32. The van der Waals surface area contributed by atoms with Gasteiger partial charge in [0.2, 0.25) is 22.9 Å². The summed E-state index contributed by atoms with van der Waals surface area (Å²) >= 11 is 5.32. The van der Waals surface area contributed by atoms with Gasteiger partial charge in [0.15, 0.2) is 0 Å². The Balaban J connectivity index is 1.79. The molecule has 0 bridgehead atoms. The van der Waals surface area contributed by atoms with Crippen LogP contribution in [0.2, 0.25) is 0 Å². The number of hydrogen-bond acceptors (Lipinski definition) is 4. The normalized spacial score (nSPS) is 15.3. The molecule has 3 rings (SSSR count). The summed E-state index contributed by atoms with van der Waals surface area (Å²) < 4.78 is 38.3. The van der Waals surface area contributed by atoms with Crippen LogP contribution in [0.5, 0.6) is 0 Å². The summed E-state index contributed by atoms with van der Waals surface area (Å²) in [6.45, 7) is 4.69. The Labute approximate surface area is 194 Å². The van der Waals surface area contributed by atoms with E-state index in [1.54, 1.807) is 0 Å². The van der Waals surface area contributed by atoms with Crippen molar-refractivity contribution in [1.82, 2.24) is 14.9 Å². The minimum absolute atomic E-state index is 0.0404. The predicted octanol–water partition coefficient (Wildman–Crippen LogP) is 3.47. The van der Waals surface area contributed by atoms with E-state index >= 15 is 0 Å². The number of amides is 1. The van der Waals surface area contributed by atoms with E-state index in [-0.39, 0.29) is 16.9 Å². The molecule has 0 radical (unpaired) electrons. The van der Waals surface area contributed by atoms with Gasteiger partial charge in [-0.3, -0.25) is 10.1 Å². The highest BCUT2D eigenvalue weighted by Gasteiger charge is 2.30. The number of aliphatic imine (C=N–C) groups is 1. The van der Waals surface area contributed by atoms with Crippen molar-refractivity contribution in [3.05, 3.63) is 47.3 Å². The third kappa shape index (κ3) is 6.85.